The number of benzene rings is 1. The molecule has 0 unspecified atom stereocenters. The van der Waals surface area contributed by atoms with Crippen LogP contribution in [-0.2, 0) is 0 Å². The van der Waals surface area contributed by atoms with Gasteiger partial charge in [0.05, 0.1) is 0 Å². The molecule has 4 rings (SSSR count). The number of anilines is 3. The molecule has 148 valence electrons. The number of nitrogen functional groups attached to an aromatic ring is 1. The number of hydrogen-bond acceptors (Lipinski definition) is 6. The molecule has 0 bridgehead atoms. The quantitative estimate of drug-likeness (QED) is 0.476. The van der Waals surface area contributed by atoms with Crippen LogP contribution in [0.15, 0.2) is 59.3 Å². The summed E-state index contributed by atoms with van der Waals surface area (Å²) >= 11 is 0. The van der Waals surface area contributed by atoms with Crippen LogP contribution in [0.25, 0.3) is 22.2 Å². The molecule has 0 atom stereocenters. The van der Waals surface area contributed by atoms with E-state index in [1.807, 2.05) is 19.1 Å². The molecule has 0 fully saturated rings. The number of nitrogens with two attached hydrogens (primary N) is 1. The van der Waals surface area contributed by atoms with Gasteiger partial charge in [-0.2, -0.15) is 0 Å². The van der Waals surface area contributed by atoms with Crippen LogP contribution in [-0.4, -0.2) is 16.3 Å². The van der Waals surface area contributed by atoms with Gasteiger partial charge in [0.2, 0.25) is 5.88 Å². The van der Waals surface area contributed by atoms with Crippen LogP contribution in [0.2, 0.25) is 0 Å². The zero-order valence-electron chi connectivity index (χ0n) is 15.1. The minimum Gasteiger partial charge on any atom is -0.436 e. The number of pyridine rings is 2. The second kappa shape index (κ2) is 7.01. The lowest BCUT2D eigenvalue weighted by Crippen LogP contribution is -2.16. The van der Waals surface area contributed by atoms with Crippen molar-refractivity contribution < 1.29 is 22.3 Å². The van der Waals surface area contributed by atoms with Crippen molar-refractivity contribution in [3.63, 3.8) is 0 Å². The average Bonchev–Trinajstić information content (AvgIpc) is 2.98. The number of rotatable bonds is 4. The van der Waals surface area contributed by atoms with Crippen LogP contribution in [0, 0.1) is 6.92 Å². The molecule has 0 aliphatic rings. The van der Waals surface area contributed by atoms with Crippen LogP contribution in [0.3, 0.4) is 0 Å². The van der Waals surface area contributed by atoms with E-state index in [0.29, 0.717) is 28.0 Å². The molecule has 3 N–H and O–H groups in total. The molecule has 0 aliphatic heterocycles. The number of alkyl halides is 3. The van der Waals surface area contributed by atoms with E-state index < -0.39 is 6.36 Å². The Bertz CT molecular complexity index is 1170. The molecule has 0 radical (unpaired) electrons. The molecule has 4 aromatic rings. The maximum atomic E-state index is 12.3. The van der Waals surface area contributed by atoms with Crippen LogP contribution >= 0.6 is 0 Å². The third-order valence-corrected chi connectivity index (χ3v) is 4.16. The number of aryl methyl sites for hydroxylation is 1. The summed E-state index contributed by atoms with van der Waals surface area (Å²) in [6, 6.07) is 10.7. The summed E-state index contributed by atoms with van der Waals surface area (Å²) in [4.78, 5) is 8.57. The second-order valence-electron chi connectivity index (χ2n) is 6.26. The summed E-state index contributed by atoms with van der Waals surface area (Å²) in [5, 5.41) is 3.64. The zero-order valence-corrected chi connectivity index (χ0v) is 15.1. The van der Waals surface area contributed by atoms with Gasteiger partial charge in [0.1, 0.15) is 17.1 Å². The van der Waals surface area contributed by atoms with E-state index in [1.54, 1.807) is 18.5 Å². The van der Waals surface area contributed by atoms with Crippen LogP contribution < -0.4 is 15.8 Å². The van der Waals surface area contributed by atoms with Crippen molar-refractivity contribution in [2.45, 2.75) is 13.3 Å². The third-order valence-electron chi connectivity index (χ3n) is 4.16. The highest BCUT2D eigenvalue weighted by atomic mass is 19.4. The average molecular weight is 400 g/mol. The van der Waals surface area contributed by atoms with Gasteiger partial charge >= 0.3 is 6.36 Å². The van der Waals surface area contributed by atoms with Crippen LogP contribution in [0.5, 0.6) is 5.75 Å². The Labute approximate surface area is 163 Å². The highest BCUT2D eigenvalue weighted by Crippen LogP contribution is 2.38. The zero-order chi connectivity index (χ0) is 20.6. The van der Waals surface area contributed by atoms with Gasteiger partial charge in [-0.05, 0) is 49.4 Å². The summed E-state index contributed by atoms with van der Waals surface area (Å²) in [6.07, 6.45) is -1.43. The highest BCUT2D eigenvalue weighted by molar-refractivity contribution is 6.02. The summed E-state index contributed by atoms with van der Waals surface area (Å²) in [7, 11) is 0. The van der Waals surface area contributed by atoms with Gasteiger partial charge in [-0.15, -0.1) is 13.2 Å². The molecule has 9 heteroatoms. The normalized spacial score (nSPS) is 11.6. The van der Waals surface area contributed by atoms with E-state index in [0.717, 1.165) is 11.3 Å². The van der Waals surface area contributed by atoms with Crippen molar-refractivity contribution in [3.8, 4) is 17.0 Å². The molecule has 3 heterocycles. The van der Waals surface area contributed by atoms with Crippen molar-refractivity contribution >= 4 is 28.2 Å². The molecule has 29 heavy (non-hydrogen) atoms. The Hall–Kier alpha value is -3.75. The van der Waals surface area contributed by atoms with E-state index in [-0.39, 0.29) is 11.6 Å². The molecule has 3 aromatic heterocycles. The standard InChI is InChI=1S/C20H15F3N4O2/c1-11-10-12(6-8-25-11)17-18-15(7-9-26-17)16(24)19(28-18)27-13-2-4-14(5-3-13)29-20(21,22)23/h2-10,27H,24H2,1H3. The number of halogens is 3. The van der Waals surface area contributed by atoms with E-state index >= 15 is 0 Å². The van der Waals surface area contributed by atoms with Gasteiger partial charge in [0.25, 0.3) is 0 Å². The second-order valence-corrected chi connectivity index (χ2v) is 6.26. The van der Waals surface area contributed by atoms with Gasteiger partial charge in [-0.1, -0.05) is 0 Å². The SMILES string of the molecule is Cc1cc(-c2nccc3c(N)c(Nc4ccc(OC(F)(F)F)cc4)oc23)ccn1. The summed E-state index contributed by atoms with van der Waals surface area (Å²) < 4.78 is 46.6. The predicted molar refractivity (Wildman–Crippen MR) is 103 cm³/mol. The van der Waals surface area contributed by atoms with E-state index in [9.17, 15) is 13.2 Å². The summed E-state index contributed by atoms with van der Waals surface area (Å²) in [5.41, 5.74) is 9.83. The van der Waals surface area contributed by atoms with E-state index in [4.69, 9.17) is 10.2 Å². The first-order valence-electron chi connectivity index (χ1n) is 8.53. The lowest BCUT2D eigenvalue weighted by Gasteiger charge is -2.09. The Morgan fingerprint density at radius 2 is 1.76 bits per heavy atom. The van der Waals surface area contributed by atoms with Crippen molar-refractivity contribution in [2.24, 2.45) is 0 Å². The predicted octanol–water partition coefficient (Wildman–Crippen LogP) is 5.42. The van der Waals surface area contributed by atoms with Crippen LogP contribution in [0.4, 0.5) is 30.4 Å². The first-order chi connectivity index (χ1) is 13.8. The maximum Gasteiger partial charge on any atom is 0.573 e. The smallest absolute Gasteiger partial charge is 0.436 e. The first-order valence-corrected chi connectivity index (χ1v) is 8.53. The Morgan fingerprint density at radius 3 is 2.45 bits per heavy atom. The number of hydrogen-bond donors (Lipinski definition) is 2. The first kappa shape index (κ1) is 18.6. The Balaban J connectivity index is 1.67. The monoisotopic (exact) mass is 400 g/mol. The van der Waals surface area contributed by atoms with Gasteiger partial charge in [-0.3, -0.25) is 9.97 Å². The molecule has 0 spiro atoms. The fourth-order valence-electron chi connectivity index (χ4n) is 2.91. The number of ether oxygens (including phenoxy) is 1. The number of furan rings is 1. The van der Waals surface area contributed by atoms with Gasteiger partial charge in [0.15, 0.2) is 5.58 Å². The minimum absolute atomic E-state index is 0.268. The summed E-state index contributed by atoms with van der Waals surface area (Å²) in [6.45, 7) is 1.87. The van der Waals surface area contributed by atoms with Gasteiger partial charge < -0.3 is 20.2 Å². The van der Waals surface area contributed by atoms with Crippen molar-refractivity contribution in [1.82, 2.24) is 9.97 Å². The van der Waals surface area contributed by atoms with Gasteiger partial charge in [0, 0.05) is 34.7 Å². The number of nitrogens with zero attached hydrogens (tertiary/aromatic N) is 2. The van der Waals surface area contributed by atoms with Crippen molar-refractivity contribution in [2.75, 3.05) is 11.1 Å². The molecular formula is C20H15F3N4O2. The molecule has 1 aromatic carbocycles. The molecular weight excluding hydrogens is 385 g/mol. The van der Waals surface area contributed by atoms with E-state index in [1.165, 1.54) is 24.3 Å². The molecule has 0 saturated carbocycles. The molecule has 6 nitrogen and oxygen atoms in total. The third kappa shape index (κ3) is 3.93. The van der Waals surface area contributed by atoms with Crippen LogP contribution in [0.1, 0.15) is 5.69 Å². The highest BCUT2D eigenvalue weighted by Gasteiger charge is 2.31. The fraction of sp³-hybridized carbons (Fsp3) is 0.100. The van der Waals surface area contributed by atoms with Crippen molar-refractivity contribution in [3.05, 3.63) is 60.6 Å². The Morgan fingerprint density at radius 1 is 1.03 bits per heavy atom. The Kier molecular flexibility index (Phi) is 4.50. The van der Waals surface area contributed by atoms with Gasteiger partial charge in [-0.25, -0.2) is 0 Å². The topological polar surface area (TPSA) is 86.2 Å². The lowest BCUT2D eigenvalue weighted by molar-refractivity contribution is -0.274. The number of aromatic nitrogens is 2. The molecule has 0 amide bonds. The molecule has 0 aliphatic carbocycles. The number of fused-ring (bicyclic) bond motifs is 1. The largest absolute Gasteiger partial charge is 0.573 e. The minimum atomic E-state index is -4.74. The number of nitrogens with one attached hydrogen (secondary N) is 1. The van der Waals surface area contributed by atoms with Crippen molar-refractivity contribution in [1.29, 1.82) is 0 Å². The van der Waals surface area contributed by atoms with E-state index in [2.05, 4.69) is 20.0 Å². The molecule has 0 saturated heterocycles. The lowest BCUT2D eigenvalue weighted by atomic mass is 10.1. The fourth-order valence-corrected chi connectivity index (χ4v) is 2.91. The maximum absolute atomic E-state index is 12.3. The summed E-state index contributed by atoms with van der Waals surface area (Å²) in [5.74, 6) is -0.0512.